The fraction of sp³-hybridized carbons (Fsp3) is 0.227. The summed E-state index contributed by atoms with van der Waals surface area (Å²) in [5.74, 6) is 2.08. The Hall–Kier alpha value is -3.61. The normalized spacial score (nSPS) is 10.3. The van der Waals surface area contributed by atoms with Gasteiger partial charge in [-0.15, -0.1) is 0 Å². The summed E-state index contributed by atoms with van der Waals surface area (Å²) in [6.45, 7) is 4.22. The zero-order chi connectivity index (χ0) is 20.8. The maximum atomic E-state index is 13.1. The number of nitrogens with zero attached hydrogens (tertiary/aromatic N) is 3. The molecule has 0 aliphatic heterocycles. The molecule has 1 aromatic heterocycles. The van der Waals surface area contributed by atoms with Crippen LogP contribution < -0.4 is 19.7 Å². The lowest BCUT2D eigenvalue weighted by Crippen LogP contribution is -2.31. The Kier molecular flexibility index (Phi) is 6.29. The zero-order valence-electron chi connectivity index (χ0n) is 17.0. The number of amides is 1. The van der Waals surface area contributed by atoms with E-state index < -0.39 is 0 Å². The molecule has 150 valence electrons. The van der Waals surface area contributed by atoms with Crippen LogP contribution in [0.5, 0.6) is 11.5 Å². The van der Waals surface area contributed by atoms with Gasteiger partial charge in [0.1, 0.15) is 17.3 Å². The molecule has 0 aliphatic rings. The number of hydrogen-bond donors (Lipinski definition) is 1. The molecule has 3 aromatic rings. The van der Waals surface area contributed by atoms with Crippen LogP contribution in [-0.2, 0) is 0 Å². The Labute approximate surface area is 170 Å². The first kappa shape index (κ1) is 20.1. The molecule has 0 radical (unpaired) electrons. The number of aromatic nitrogens is 2. The van der Waals surface area contributed by atoms with Crippen LogP contribution >= 0.6 is 0 Å². The molecule has 7 nitrogen and oxygen atoms in total. The predicted octanol–water partition coefficient (Wildman–Crippen LogP) is 4.21. The lowest BCUT2D eigenvalue weighted by molar-refractivity contribution is 0.0983. The molecule has 0 aliphatic carbocycles. The number of para-hydroxylation sites is 1. The van der Waals surface area contributed by atoms with E-state index in [0.717, 1.165) is 11.4 Å². The molecule has 0 unspecified atom stereocenters. The average Bonchev–Trinajstić information content (AvgIpc) is 2.74. The molecule has 1 N–H and O–H groups in total. The van der Waals surface area contributed by atoms with Crippen molar-refractivity contribution in [2.45, 2.75) is 13.8 Å². The number of benzene rings is 2. The first-order valence-corrected chi connectivity index (χ1v) is 9.27. The molecular weight excluding hydrogens is 368 g/mol. The lowest BCUT2D eigenvalue weighted by Gasteiger charge is -2.21. The van der Waals surface area contributed by atoms with Crippen LogP contribution in [0.25, 0.3) is 0 Å². The number of carbonyl (C=O) groups excluding carboxylic acids is 1. The highest BCUT2D eigenvalue weighted by molar-refractivity contribution is 6.05. The van der Waals surface area contributed by atoms with Gasteiger partial charge in [0.25, 0.3) is 5.91 Å². The quantitative estimate of drug-likeness (QED) is 0.649. The van der Waals surface area contributed by atoms with E-state index in [2.05, 4.69) is 15.3 Å². The SMILES string of the molecule is CCN(C(=O)c1cc(Nc2ccc(OC)c(OC)c2)nc(C)n1)c1ccccc1. The van der Waals surface area contributed by atoms with Crippen molar-refractivity contribution in [3.05, 3.63) is 66.1 Å². The van der Waals surface area contributed by atoms with Gasteiger partial charge in [0.05, 0.1) is 14.2 Å². The third-order valence-electron chi connectivity index (χ3n) is 4.34. The minimum Gasteiger partial charge on any atom is -0.493 e. The van der Waals surface area contributed by atoms with Crippen molar-refractivity contribution in [1.82, 2.24) is 9.97 Å². The largest absolute Gasteiger partial charge is 0.493 e. The van der Waals surface area contributed by atoms with Crippen molar-refractivity contribution in [1.29, 1.82) is 0 Å². The number of carbonyl (C=O) groups is 1. The molecule has 1 amide bonds. The van der Waals surface area contributed by atoms with Crippen LogP contribution in [0.2, 0.25) is 0 Å². The Bertz CT molecular complexity index is 993. The van der Waals surface area contributed by atoms with E-state index in [1.54, 1.807) is 44.2 Å². The molecule has 29 heavy (non-hydrogen) atoms. The highest BCUT2D eigenvalue weighted by atomic mass is 16.5. The van der Waals surface area contributed by atoms with E-state index in [9.17, 15) is 4.79 Å². The highest BCUT2D eigenvalue weighted by Crippen LogP contribution is 2.31. The molecule has 0 saturated carbocycles. The van der Waals surface area contributed by atoms with Crippen molar-refractivity contribution in [2.75, 3.05) is 31.0 Å². The van der Waals surface area contributed by atoms with Crippen LogP contribution in [-0.4, -0.2) is 36.6 Å². The van der Waals surface area contributed by atoms with E-state index >= 15 is 0 Å². The van der Waals surface area contributed by atoms with Crippen molar-refractivity contribution in [2.24, 2.45) is 0 Å². The monoisotopic (exact) mass is 392 g/mol. The predicted molar refractivity (Wildman–Crippen MR) is 113 cm³/mol. The summed E-state index contributed by atoms with van der Waals surface area (Å²) in [5, 5.41) is 3.21. The molecule has 0 saturated heterocycles. The van der Waals surface area contributed by atoms with Crippen molar-refractivity contribution in [3.63, 3.8) is 0 Å². The molecule has 1 heterocycles. The number of rotatable bonds is 7. The molecule has 0 atom stereocenters. The topological polar surface area (TPSA) is 76.6 Å². The van der Waals surface area contributed by atoms with Gasteiger partial charge in [-0.3, -0.25) is 4.79 Å². The Morgan fingerprint density at radius 2 is 1.72 bits per heavy atom. The standard InChI is InChI=1S/C22H24N4O3/c1-5-26(17-9-7-6-8-10-17)22(27)18-14-21(24-15(2)23-18)25-16-11-12-19(28-3)20(13-16)29-4/h6-14H,5H2,1-4H3,(H,23,24,25). The second-order valence-corrected chi connectivity index (χ2v) is 6.27. The van der Waals surface area contributed by atoms with Crippen molar-refractivity contribution in [3.8, 4) is 11.5 Å². The number of methoxy groups -OCH3 is 2. The van der Waals surface area contributed by atoms with E-state index in [4.69, 9.17) is 9.47 Å². The number of ether oxygens (including phenoxy) is 2. The first-order chi connectivity index (χ1) is 14.0. The number of anilines is 3. The molecular formula is C22H24N4O3. The smallest absolute Gasteiger partial charge is 0.277 e. The van der Waals surface area contributed by atoms with Gasteiger partial charge in [-0.1, -0.05) is 18.2 Å². The van der Waals surface area contributed by atoms with E-state index in [1.807, 2.05) is 43.3 Å². The Balaban J connectivity index is 1.89. The fourth-order valence-electron chi connectivity index (χ4n) is 2.99. The lowest BCUT2D eigenvalue weighted by atomic mass is 10.2. The van der Waals surface area contributed by atoms with Crippen LogP contribution in [0.1, 0.15) is 23.2 Å². The maximum Gasteiger partial charge on any atom is 0.277 e. The summed E-state index contributed by atoms with van der Waals surface area (Å²) in [5.41, 5.74) is 1.91. The highest BCUT2D eigenvalue weighted by Gasteiger charge is 2.19. The number of hydrogen-bond acceptors (Lipinski definition) is 6. The van der Waals surface area contributed by atoms with Crippen LogP contribution in [0.3, 0.4) is 0 Å². The second-order valence-electron chi connectivity index (χ2n) is 6.27. The van der Waals surface area contributed by atoms with Gasteiger partial charge in [0.2, 0.25) is 0 Å². The first-order valence-electron chi connectivity index (χ1n) is 9.27. The van der Waals surface area contributed by atoms with Gasteiger partial charge in [-0.25, -0.2) is 9.97 Å². The van der Waals surface area contributed by atoms with Crippen LogP contribution in [0.4, 0.5) is 17.2 Å². The van der Waals surface area contributed by atoms with Gasteiger partial charge >= 0.3 is 0 Å². The number of aryl methyl sites for hydroxylation is 1. The maximum absolute atomic E-state index is 13.1. The summed E-state index contributed by atoms with van der Waals surface area (Å²) < 4.78 is 10.6. The van der Waals surface area contributed by atoms with Crippen molar-refractivity contribution < 1.29 is 14.3 Å². The van der Waals surface area contributed by atoms with E-state index in [0.29, 0.717) is 35.4 Å². The zero-order valence-corrected chi connectivity index (χ0v) is 17.0. The number of nitrogens with one attached hydrogen (secondary N) is 1. The molecule has 3 rings (SSSR count). The minimum absolute atomic E-state index is 0.181. The Morgan fingerprint density at radius 1 is 1.00 bits per heavy atom. The Morgan fingerprint density at radius 3 is 2.38 bits per heavy atom. The molecule has 0 fully saturated rings. The summed E-state index contributed by atoms with van der Waals surface area (Å²) >= 11 is 0. The summed E-state index contributed by atoms with van der Waals surface area (Å²) in [7, 11) is 3.17. The van der Waals surface area contributed by atoms with Crippen LogP contribution in [0.15, 0.2) is 54.6 Å². The summed E-state index contributed by atoms with van der Waals surface area (Å²) in [6.07, 6.45) is 0. The molecule has 2 aromatic carbocycles. The van der Waals surface area contributed by atoms with E-state index in [-0.39, 0.29) is 5.91 Å². The van der Waals surface area contributed by atoms with Gasteiger partial charge < -0.3 is 19.7 Å². The summed E-state index contributed by atoms with van der Waals surface area (Å²) in [6, 6.07) is 16.6. The minimum atomic E-state index is -0.181. The molecule has 0 spiro atoms. The third kappa shape index (κ3) is 4.63. The average molecular weight is 392 g/mol. The van der Waals surface area contributed by atoms with Gasteiger partial charge in [0, 0.05) is 30.1 Å². The van der Waals surface area contributed by atoms with Crippen molar-refractivity contribution >= 4 is 23.1 Å². The van der Waals surface area contributed by atoms with E-state index in [1.165, 1.54) is 0 Å². The van der Waals surface area contributed by atoms with Crippen LogP contribution in [0, 0.1) is 6.92 Å². The van der Waals surface area contributed by atoms with Gasteiger partial charge in [-0.05, 0) is 38.1 Å². The second kappa shape index (κ2) is 9.05. The molecule has 7 heteroatoms. The fourth-order valence-corrected chi connectivity index (χ4v) is 2.99. The molecule has 0 bridgehead atoms. The summed E-state index contributed by atoms with van der Waals surface area (Å²) in [4.78, 5) is 23.5. The van der Waals surface area contributed by atoms with Gasteiger partial charge in [0.15, 0.2) is 11.5 Å². The third-order valence-corrected chi connectivity index (χ3v) is 4.34. The van der Waals surface area contributed by atoms with Gasteiger partial charge in [-0.2, -0.15) is 0 Å².